The van der Waals surface area contributed by atoms with Gasteiger partial charge < -0.3 is 9.26 Å². The summed E-state index contributed by atoms with van der Waals surface area (Å²) in [7, 11) is 0. The van der Waals surface area contributed by atoms with Crippen LogP contribution in [0.2, 0.25) is 0 Å². The van der Waals surface area contributed by atoms with Crippen molar-refractivity contribution in [3.8, 4) is 11.4 Å². The lowest BCUT2D eigenvalue weighted by molar-refractivity contribution is -0.127. The number of nitrogens with zero attached hydrogens (tertiary/aromatic N) is 2. The molecule has 1 fully saturated rings. The molecule has 0 saturated carbocycles. The van der Waals surface area contributed by atoms with E-state index in [1.54, 1.807) is 0 Å². The first-order valence-corrected chi connectivity index (χ1v) is 5.84. The number of hydrogen-bond donors (Lipinski definition) is 0. The zero-order valence-electron chi connectivity index (χ0n) is 9.70. The van der Waals surface area contributed by atoms with Crippen LogP contribution in [-0.2, 0) is 9.53 Å². The van der Waals surface area contributed by atoms with Gasteiger partial charge in [0.2, 0.25) is 11.7 Å². The summed E-state index contributed by atoms with van der Waals surface area (Å²) < 4.78 is 10.4. The van der Waals surface area contributed by atoms with Gasteiger partial charge in [0, 0.05) is 12.0 Å². The number of carbonyl (C=O) groups is 1. The Labute approximate surface area is 104 Å². The van der Waals surface area contributed by atoms with Crippen molar-refractivity contribution in [2.45, 2.75) is 12.3 Å². The van der Waals surface area contributed by atoms with Crippen molar-refractivity contribution in [3.05, 3.63) is 36.2 Å². The fourth-order valence-electron chi connectivity index (χ4n) is 1.93. The Bertz CT molecular complexity index is 550. The zero-order chi connectivity index (χ0) is 12.4. The molecular formula is C13H12N2O3. The fourth-order valence-corrected chi connectivity index (χ4v) is 1.93. The average molecular weight is 244 g/mol. The van der Waals surface area contributed by atoms with Crippen LogP contribution in [0.15, 0.2) is 34.9 Å². The van der Waals surface area contributed by atoms with Gasteiger partial charge in [0.05, 0.1) is 13.2 Å². The molecule has 0 spiro atoms. The number of ketones is 1. The molecule has 0 bridgehead atoms. The highest BCUT2D eigenvalue weighted by Crippen LogP contribution is 2.23. The Morgan fingerprint density at radius 1 is 1.22 bits per heavy atom. The topological polar surface area (TPSA) is 65.2 Å². The molecule has 1 aromatic carbocycles. The quantitative estimate of drug-likeness (QED) is 0.806. The first-order valence-electron chi connectivity index (χ1n) is 5.84. The second-order valence-corrected chi connectivity index (χ2v) is 4.17. The van der Waals surface area contributed by atoms with Crippen molar-refractivity contribution in [1.82, 2.24) is 10.1 Å². The summed E-state index contributed by atoms with van der Waals surface area (Å²) in [6.07, 6.45) is 0.410. The number of rotatable bonds is 2. The van der Waals surface area contributed by atoms with Gasteiger partial charge in [-0.3, -0.25) is 4.79 Å². The molecule has 0 aliphatic carbocycles. The molecule has 5 heteroatoms. The Hall–Kier alpha value is -2.01. The van der Waals surface area contributed by atoms with Crippen LogP contribution in [-0.4, -0.2) is 29.1 Å². The maximum absolute atomic E-state index is 11.7. The summed E-state index contributed by atoms with van der Waals surface area (Å²) in [5, 5.41) is 3.90. The molecule has 1 atom stereocenters. The molecular weight excluding hydrogens is 232 g/mol. The van der Waals surface area contributed by atoms with Gasteiger partial charge in [-0.05, 0) is 0 Å². The van der Waals surface area contributed by atoms with Crippen LogP contribution in [0.4, 0.5) is 0 Å². The molecule has 0 radical (unpaired) electrons. The Morgan fingerprint density at radius 3 is 2.83 bits per heavy atom. The summed E-state index contributed by atoms with van der Waals surface area (Å²) >= 11 is 0. The molecule has 1 aliphatic rings. The predicted octanol–water partition coefficient (Wildman–Crippen LogP) is 1.81. The molecule has 18 heavy (non-hydrogen) atoms. The van der Waals surface area contributed by atoms with E-state index < -0.39 is 5.92 Å². The number of Topliss-reactive ketones (excluding diaryl/α,β-unsaturated/α-hetero) is 1. The Kier molecular flexibility index (Phi) is 2.90. The summed E-state index contributed by atoms with van der Waals surface area (Å²) in [5.41, 5.74) is 0.872. The van der Waals surface area contributed by atoms with Crippen LogP contribution in [0.5, 0.6) is 0 Å². The highest BCUT2D eigenvalue weighted by molar-refractivity contribution is 5.85. The molecule has 92 valence electrons. The van der Waals surface area contributed by atoms with Crippen LogP contribution < -0.4 is 0 Å². The standard InChI is InChI=1S/C13H12N2O3/c16-11-6-7-17-8-10(11)13-14-12(15-18-13)9-4-2-1-3-5-9/h1-5,10H,6-8H2. The highest BCUT2D eigenvalue weighted by atomic mass is 16.5. The van der Waals surface area contributed by atoms with E-state index >= 15 is 0 Å². The van der Waals surface area contributed by atoms with Crippen LogP contribution in [0.3, 0.4) is 0 Å². The predicted molar refractivity (Wildman–Crippen MR) is 62.9 cm³/mol. The van der Waals surface area contributed by atoms with Crippen molar-refractivity contribution in [2.24, 2.45) is 0 Å². The van der Waals surface area contributed by atoms with E-state index in [4.69, 9.17) is 9.26 Å². The normalized spacial score (nSPS) is 20.0. The van der Waals surface area contributed by atoms with Gasteiger partial charge in [-0.2, -0.15) is 4.98 Å². The number of carbonyl (C=O) groups excluding carboxylic acids is 1. The molecule has 3 rings (SSSR count). The van der Waals surface area contributed by atoms with Crippen LogP contribution in [0.1, 0.15) is 18.2 Å². The monoisotopic (exact) mass is 244 g/mol. The van der Waals surface area contributed by atoms with E-state index in [1.807, 2.05) is 30.3 Å². The molecule has 2 heterocycles. The Balaban J connectivity index is 1.87. The van der Waals surface area contributed by atoms with E-state index in [2.05, 4.69) is 10.1 Å². The van der Waals surface area contributed by atoms with Crippen molar-refractivity contribution >= 4 is 5.78 Å². The number of hydrogen-bond acceptors (Lipinski definition) is 5. The summed E-state index contributed by atoms with van der Waals surface area (Å²) in [6.45, 7) is 0.810. The van der Waals surface area contributed by atoms with Gasteiger partial charge in [-0.15, -0.1) is 0 Å². The van der Waals surface area contributed by atoms with Gasteiger partial charge in [0.15, 0.2) is 0 Å². The minimum absolute atomic E-state index is 0.101. The van der Waals surface area contributed by atoms with Crippen LogP contribution >= 0.6 is 0 Å². The van der Waals surface area contributed by atoms with Crippen LogP contribution in [0.25, 0.3) is 11.4 Å². The lowest BCUT2D eigenvalue weighted by atomic mass is 10.0. The molecule has 1 aromatic heterocycles. The smallest absolute Gasteiger partial charge is 0.239 e. The van der Waals surface area contributed by atoms with Crippen molar-refractivity contribution < 1.29 is 14.1 Å². The molecule has 1 unspecified atom stereocenters. The van der Waals surface area contributed by atoms with E-state index in [-0.39, 0.29) is 5.78 Å². The van der Waals surface area contributed by atoms with Gasteiger partial charge in [-0.25, -0.2) is 0 Å². The third-order valence-corrected chi connectivity index (χ3v) is 2.94. The molecule has 2 aromatic rings. The van der Waals surface area contributed by atoms with Gasteiger partial charge in [0.1, 0.15) is 11.7 Å². The van der Waals surface area contributed by atoms with E-state index in [1.165, 1.54) is 0 Å². The van der Waals surface area contributed by atoms with Crippen LogP contribution in [0, 0.1) is 0 Å². The first kappa shape index (κ1) is 11.1. The van der Waals surface area contributed by atoms with Crippen molar-refractivity contribution in [1.29, 1.82) is 0 Å². The first-order chi connectivity index (χ1) is 8.84. The summed E-state index contributed by atoms with van der Waals surface area (Å²) in [6, 6.07) is 9.52. The second kappa shape index (κ2) is 4.70. The Morgan fingerprint density at radius 2 is 2.06 bits per heavy atom. The lowest BCUT2D eigenvalue weighted by Crippen LogP contribution is -2.25. The molecule has 0 amide bonds. The number of ether oxygens (including phenoxy) is 1. The zero-order valence-corrected chi connectivity index (χ0v) is 9.70. The third-order valence-electron chi connectivity index (χ3n) is 2.94. The fraction of sp³-hybridized carbons (Fsp3) is 0.308. The van der Waals surface area contributed by atoms with Gasteiger partial charge >= 0.3 is 0 Å². The second-order valence-electron chi connectivity index (χ2n) is 4.17. The number of aromatic nitrogens is 2. The van der Waals surface area contributed by atoms with E-state index in [0.29, 0.717) is 31.3 Å². The number of benzene rings is 1. The molecule has 5 nitrogen and oxygen atoms in total. The SMILES string of the molecule is O=C1CCOCC1c1nc(-c2ccccc2)no1. The molecule has 0 N–H and O–H groups in total. The highest BCUT2D eigenvalue weighted by Gasteiger charge is 2.29. The van der Waals surface area contributed by atoms with Gasteiger partial charge in [-0.1, -0.05) is 35.5 Å². The third kappa shape index (κ3) is 2.04. The maximum Gasteiger partial charge on any atom is 0.239 e. The lowest BCUT2D eigenvalue weighted by Gasteiger charge is -2.16. The summed E-state index contributed by atoms with van der Waals surface area (Å²) in [5.74, 6) is 0.538. The van der Waals surface area contributed by atoms with Crippen molar-refractivity contribution in [2.75, 3.05) is 13.2 Å². The minimum atomic E-state index is -0.413. The van der Waals surface area contributed by atoms with E-state index in [0.717, 1.165) is 5.56 Å². The maximum atomic E-state index is 11.7. The minimum Gasteiger partial charge on any atom is -0.380 e. The average Bonchev–Trinajstić information content (AvgIpc) is 2.90. The molecule has 1 aliphatic heterocycles. The van der Waals surface area contributed by atoms with Crippen molar-refractivity contribution in [3.63, 3.8) is 0 Å². The van der Waals surface area contributed by atoms with Gasteiger partial charge in [0.25, 0.3) is 0 Å². The molecule has 1 saturated heterocycles. The van der Waals surface area contributed by atoms with E-state index in [9.17, 15) is 4.79 Å². The largest absolute Gasteiger partial charge is 0.380 e. The summed E-state index contributed by atoms with van der Waals surface area (Å²) in [4.78, 5) is 16.0.